The smallest absolute Gasteiger partial charge is 0.410 e. The normalized spacial score (nSPS) is 11.9. The van der Waals surface area contributed by atoms with Crippen molar-refractivity contribution in [1.82, 2.24) is 10.4 Å². The average molecular weight is 443 g/mol. The molecular formula is C24H30N2O6. The number of benzene rings is 2. The number of nitrogens with one attached hydrogen (secondary N) is 1. The molecule has 2 aromatic carbocycles. The summed E-state index contributed by atoms with van der Waals surface area (Å²) in [6.07, 6.45) is -1.09. The van der Waals surface area contributed by atoms with Crippen LogP contribution in [0, 0.1) is 0 Å². The Hall–Kier alpha value is -3.39. The van der Waals surface area contributed by atoms with E-state index >= 15 is 0 Å². The maximum Gasteiger partial charge on any atom is 0.410 e. The van der Waals surface area contributed by atoms with Gasteiger partial charge in [-0.2, -0.15) is 0 Å². The fourth-order valence-corrected chi connectivity index (χ4v) is 2.66. The van der Waals surface area contributed by atoms with Crippen molar-refractivity contribution in [3.8, 4) is 0 Å². The van der Waals surface area contributed by atoms with Crippen LogP contribution in [0.5, 0.6) is 0 Å². The van der Waals surface area contributed by atoms with E-state index in [1.54, 1.807) is 20.8 Å². The zero-order valence-corrected chi connectivity index (χ0v) is 18.9. The van der Waals surface area contributed by atoms with E-state index in [0.29, 0.717) is 0 Å². The lowest BCUT2D eigenvalue weighted by molar-refractivity contribution is -0.154. The Bertz CT molecular complexity index is 880. The quantitative estimate of drug-likeness (QED) is 0.471. The number of nitrogens with zero attached hydrogens (tertiary/aromatic N) is 1. The van der Waals surface area contributed by atoms with Crippen molar-refractivity contribution >= 4 is 18.0 Å². The number of carbonyl (C=O) groups is 3. The molecule has 0 fully saturated rings. The molecular weight excluding hydrogens is 412 g/mol. The van der Waals surface area contributed by atoms with Crippen LogP contribution in [-0.2, 0) is 37.1 Å². The summed E-state index contributed by atoms with van der Waals surface area (Å²) in [7, 11) is 1.39. The highest BCUT2D eigenvalue weighted by Gasteiger charge is 2.33. The molecule has 0 aliphatic carbocycles. The van der Waals surface area contributed by atoms with Crippen molar-refractivity contribution in [3.63, 3.8) is 0 Å². The first-order chi connectivity index (χ1) is 15.2. The molecule has 0 heterocycles. The Labute approximate surface area is 188 Å². The number of amides is 2. The third-order valence-electron chi connectivity index (χ3n) is 4.29. The Kier molecular flexibility index (Phi) is 9.22. The van der Waals surface area contributed by atoms with Gasteiger partial charge in [-0.05, 0) is 31.9 Å². The van der Waals surface area contributed by atoms with Gasteiger partial charge in [0.2, 0.25) is 5.91 Å². The highest BCUT2D eigenvalue weighted by atomic mass is 16.6. The van der Waals surface area contributed by atoms with Crippen LogP contribution in [0.2, 0.25) is 0 Å². The average Bonchev–Trinajstić information content (AvgIpc) is 2.75. The lowest BCUT2D eigenvalue weighted by Crippen LogP contribution is -2.47. The van der Waals surface area contributed by atoms with Gasteiger partial charge in [0, 0.05) is 7.05 Å². The van der Waals surface area contributed by atoms with Gasteiger partial charge in [0.15, 0.2) is 0 Å². The zero-order valence-electron chi connectivity index (χ0n) is 18.9. The summed E-state index contributed by atoms with van der Waals surface area (Å²) in [6, 6.07) is 17.2. The third kappa shape index (κ3) is 8.77. The molecule has 2 amide bonds. The van der Waals surface area contributed by atoms with Gasteiger partial charge in [0.1, 0.15) is 18.2 Å². The number of hydrogen-bond acceptors (Lipinski definition) is 6. The van der Waals surface area contributed by atoms with Gasteiger partial charge in [0.05, 0.1) is 13.0 Å². The van der Waals surface area contributed by atoms with E-state index in [0.717, 1.165) is 16.0 Å². The highest BCUT2D eigenvalue weighted by Crippen LogP contribution is 2.14. The first-order valence-electron chi connectivity index (χ1n) is 10.3. The van der Waals surface area contributed by atoms with Crippen molar-refractivity contribution in [3.05, 3.63) is 71.8 Å². The first kappa shape index (κ1) is 24.9. The molecule has 8 nitrogen and oxygen atoms in total. The molecule has 0 aliphatic rings. The number of likely N-dealkylation sites (N-methyl/N-ethyl adjacent to an activating group) is 1. The van der Waals surface area contributed by atoms with Crippen LogP contribution in [0.1, 0.15) is 38.3 Å². The molecule has 0 bridgehead atoms. The van der Waals surface area contributed by atoms with E-state index in [4.69, 9.17) is 14.3 Å². The third-order valence-corrected chi connectivity index (χ3v) is 4.29. The Morgan fingerprint density at radius 3 is 1.97 bits per heavy atom. The van der Waals surface area contributed by atoms with E-state index in [1.165, 1.54) is 7.05 Å². The summed E-state index contributed by atoms with van der Waals surface area (Å²) in [5, 5.41) is 0. The molecule has 0 aliphatic heterocycles. The SMILES string of the molecule is CN(C(=O)OC(C)(C)C)[C@@H](CC(=O)NOCc1ccccc1)C(=O)OCc1ccccc1. The molecule has 2 rings (SSSR count). The van der Waals surface area contributed by atoms with Crippen LogP contribution in [0.4, 0.5) is 4.79 Å². The monoisotopic (exact) mass is 442 g/mol. The van der Waals surface area contributed by atoms with Crippen molar-refractivity contribution in [2.24, 2.45) is 0 Å². The summed E-state index contributed by atoms with van der Waals surface area (Å²) in [6.45, 7) is 5.32. The van der Waals surface area contributed by atoms with Gasteiger partial charge >= 0.3 is 12.1 Å². The van der Waals surface area contributed by atoms with Gasteiger partial charge in [-0.15, -0.1) is 0 Å². The molecule has 0 unspecified atom stereocenters. The number of esters is 1. The van der Waals surface area contributed by atoms with E-state index in [1.807, 2.05) is 60.7 Å². The maximum atomic E-state index is 12.8. The summed E-state index contributed by atoms with van der Waals surface area (Å²) in [5.41, 5.74) is 3.21. The second kappa shape index (κ2) is 11.9. The number of hydrogen-bond donors (Lipinski definition) is 1. The first-order valence-corrected chi connectivity index (χ1v) is 10.3. The number of ether oxygens (including phenoxy) is 2. The molecule has 32 heavy (non-hydrogen) atoms. The fraction of sp³-hybridized carbons (Fsp3) is 0.375. The second-order valence-corrected chi connectivity index (χ2v) is 8.20. The van der Waals surface area contributed by atoms with E-state index in [-0.39, 0.29) is 19.6 Å². The van der Waals surface area contributed by atoms with Crippen molar-refractivity contribution in [2.75, 3.05) is 7.05 Å². The largest absolute Gasteiger partial charge is 0.459 e. The molecule has 1 N–H and O–H groups in total. The van der Waals surface area contributed by atoms with Crippen molar-refractivity contribution in [2.45, 2.75) is 52.0 Å². The highest BCUT2D eigenvalue weighted by molar-refractivity contribution is 5.87. The molecule has 172 valence electrons. The van der Waals surface area contributed by atoms with Gasteiger partial charge in [-0.3, -0.25) is 14.5 Å². The predicted octanol–water partition coefficient (Wildman–Crippen LogP) is 3.60. The van der Waals surface area contributed by atoms with Crippen molar-refractivity contribution in [1.29, 1.82) is 0 Å². The standard InChI is InChI=1S/C24H30N2O6/c1-24(2,3)32-23(29)26(4)20(22(28)30-16-18-11-7-5-8-12-18)15-21(27)25-31-17-19-13-9-6-10-14-19/h5-14,20H,15-17H2,1-4H3,(H,25,27)/t20-/m0/s1. The Balaban J connectivity index is 2.00. The lowest BCUT2D eigenvalue weighted by atomic mass is 10.1. The van der Waals surface area contributed by atoms with Crippen LogP contribution >= 0.6 is 0 Å². The van der Waals surface area contributed by atoms with E-state index in [9.17, 15) is 14.4 Å². The summed E-state index contributed by atoms with van der Waals surface area (Å²) < 4.78 is 10.7. The lowest BCUT2D eigenvalue weighted by Gasteiger charge is -2.29. The van der Waals surface area contributed by atoms with Gasteiger partial charge < -0.3 is 9.47 Å². The molecule has 0 saturated heterocycles. The van der Waals surface area contributed by atoms with Crippen LogP contribution in [0.15, 0.2) is 60.7 Å². The summed E-state index contributed by atoms with van der Waals surface area (Å²) in [5.74, 6) is -1.29. The Morgan fingerprint density at radius 1 is 0.906 bits per heavy atom. The van der Waals surface area contributed by atoms with E-state index in [2.05, 4.69) is 5.48 Å². The maximum absolute atomic E-state index is 12.8. The van der Waals surface area contributed by atoms with Crippen LogP contribution < -0.4 is 5.48 Å². The van der Waals surface area contributed by atoms with Crippen LogP contribution in [-0.4, -0.2) is 41.6 Å². The molecule has 2 aromatic rings. The Morgan fingerprint density at radius 2 is 1.44 bits per heavy atom. The minimum Gasteiger partial charge on any atom is -0.459 e. The minimum absolute atomic E-state index is 0.0183. The van der Waals surface area contributed by atoms with Crippen molar-refractivity contribution < 1.29 is 28.7 Å². The molecule has 0 spiro atoms. The van der Waals surface area contributed by atoms with Gasteiger partial charge in [-0.25, -0.2) is 15.1 Å². The molecule has 0 saturated carbocycles. The number of hydroxylamine groups is 1. The van der Waals surface area contributed by atoms with Crippen LogP contribution in [0.25, 0.3) is 0 Å². The summed E-state index contributed by atoms with van der Waals surface area (Å²) in [4.78, 5) is 44.0. The zero-order chi connectivity index (χ0) is 23.6. The predicted molar refractivity (Wildman–Crippen MR) is 118 cm³/mol. The fourth-order valence-electron chi connectivity index (χ4n) is 2.66. The van der Waals surface area contributed by atoms with Gasteiger partial charge in [0.25, 0.3) is 0 Å². The second-order valence-electron chi connectivity index (χ2n) is 8.20. The van der Waals surface area contributed by atoms with Gasteiger partial charge in [-0.1, -0.05) is 60.7 Å². The number of carbonyl (C=O) groups excluding carboxylic acids is 3. The molecule has 0 aromatic heterocycles. The van der Waals surface area contributed by atoms with E-state index < -0.39 is 29.6 Å². The summed E-state index contributed by atoms with van der Waals surface area (Å²) >= 11 is 0. The minimum atomic E-state index is -1.19. The van der Waals surface area contributed by atoms with Crippen LogP contribution in [0.3, 0.4) is 0 Å². The molecule has 0 radical (unpaired) electrons. The molecule has 8 heteroatoms. The molecule has 1 atom stereocenters. The number of rotatable bonds is 9. The topological polar surface area (TPSA) is 94.2 Å².